The van der Waals surface area contributed by atoms with Gasteiger partial charge in [-0.25, -0.2) is 0 Å². The monoisotopic (exact) mass is 491 g/mol. The van der Waals surface area contributed by atoms with Crippen LogP contribution >= 0.6 is 0 Å². The molecule has 9 nitrogen and oxygen atoms in total. The lowest BCUT2D eigenvalue weighted by Gasteiger charge is -2.29. The molecule has 0 bridgehead atoms. The fourth-order valence-corrected chi connectivity index (χ4v) is 4.53. The Labute approximate surface area is 209 Å². The molecule has 0 unspecified atom stereocenters. The van der Waals surface area contributed by atoms with E-state index in [1.807, 2.05) is 0 Å². The highest BCUT2D eigenvalue weighted by Gasteiger charge is 2.42. The summed E-state index contributed by atoms with van der Waals surface area (Å²) in [5.74, 6) is -1.38. The molecule has 0 radical (unpaired) electrons. The van der Waals surface area contributed by atoms with E-state index in [1.165, 1.54) is 30.0 Å². The van der Waals surface area contributed by atoms with E-state index in [2.05, 4.69) is 0 Å². The van der Waals surface area contributed by atoms with Crippen molar-refractivity contribution in [1.82, 2.24) is 14.7 Å². The number of imide groups is 1. The lowest BCUT2D eigenvalue weighted by atomic mass is 10.0. The van der Waals surface area contributed by atoms with Crippen LogP contribution in [0.1, 0.15) is 75.5 Å². The van der Waals surface area contributed by atoms with Gasteiger partial charge in [0.2, 0.25) is 0 Å². The highest BCUT2D eigenvalue weighted by atomic mass is 16.5. The van der Waals surface area contributed by atoms with E-state index >= 15 is 0 Å². The van der Waals surface area contributed by atoms with Crippen molar-refractivity contribution in [3.63, 3.8) is 0 Å². The van der Waals surface area contributed by atoms with Gasteiger partial charge < -0.3 is 14.5 Å². The van der Waals surface area contributed by atoms with Gasteiger partial charge in [-0.2, -0.15) is 0 Å². The second-order valence-electron chi connectivity index (χ2n) is 9.94. The van der Waals surface area contributed by atoms with Crippen LogP contribution in [0.4, 0.5) is 0 Å². The maximum atomic E-state index is 13.3. The van der Waals surface area contributed by atoms with Crippen molar-refractivity contribution in [2.45, 2.75) is 39.7 Å². The summed E-state index contributed by atoms with van der Waals surface area (Å²) in [6, 6.07) is 11.1. The van der Waals surface area contributed by atoms with Crippen LogP contribution in [-0.4, -0.2) is 76.0 Å². The molecular formula is C27H29N3O6. The van der Waals surface area contributed by atoms with Crippen molar-refractivity contribution in [3.8, 4) is 5.75 Å². The molecular weight excluding hydrogens is 462 g/mol. The average molecular weight is 492 g/mol. The lowest BCUT2D eigenvalue weighted by molar-refractivity contribution is -0.131. The van der Waals surface area contributed by atoms with Crippen molar-refractivity contribution >= 4 is 29.6 Å². The molecule has 4 rings (SSSR count). The van der Waals surface area contributed by atoms with Gasteiger partial charge in [0.05, 0.1) is 11.1 Å². The molecule has 0 aromatic heterocycles. The fraction of sp³-hybridized carbons (Fsp3) is 0.370. The van der Waals surface area contributed by atoms with Gasteiger partial charge in [0.15, 0.2) is 0 Å². The summed E-state index contributed by atoms with van der Waals surface area (Å²) in [6.07, 6.45) is 0.585. The fourth-order valence-electron chi connectivity index (χ4n) is 4.53. The average Bonchev–Trinajstić information content (AvgIpc) is 2.96. The molecule has 1 saturated heterocycles. The first kappa shape index (κ1) is 25.1. The molecule has 188 valence electrons. The van der Waals surface area contributed by atoms with E-state index in [0.717, 1.165) is 0 Å². The van der Waals surface area contributed by atoms with Gasteiger partial charge in [-0.05, 0) is 63.6 Å². The molecule has 0 saturated carbocycles. The zero-order valence-corrected chi connectivity index (χ0v) is 20.9. The molecule has 4 amide bonds. The minimum Gasteiger partial charge on any atom is -0.427 e. The van der Waals surface area contributed by atoms with E-state index in [-0.39, 0.29) is 23.3 Å². The maximum Gasteiger partial charge on any atom is 0.308 e. The van der Waals surface area contributed by atoms with Crippen LogP contribution in [-0.2, 0) is 4.79 Å². The Morgan fingerprint density at radius 3 is 1.94 bits per heavy atom. The second kappa shape index (κ2) is 9.56. The van der Waals surface area contributed by atoms with Crippen molar-refractivity contribution < 1.29 is 28.7 Å². The number of carbonyl (C=O) groups excluding carboxylic acids is 5. The number of ether oxygens (including phenoxy) is 1. The molecule has 0 N–H and O–H groups in total. The predicted molar refractivity (Wildman–Crippen MR) is 131 cm³/mol. The summed E-state index contributed by atoms with van der Waals surface area (Å²) in [6.45, 7) is 8.25. The van der Waals surface area contributed by atoms with Crippen molar-refractivity contribution in [1.29, 1.82) is 0 Å². The number of carbonyl (C=O) groups is 5. The molecule has 2 aliphatic rings. The van der Waals surface area contributed by atoms with Gasteiger partial charge in [-0.1, -0.05) is 6.07 Å². The Hall–Kier alpha value is -4.01. The van der Waals surface area contributed by atoms with E-state index < -0.39 is 17.4 Å². The van der Waals surface area contributed by atoms with Gasteiger partial charge in [0, 0.05) is 49.8 Å². The van der Waals surface area contributed by atoms with Gasteiger partial charge in [0.25, 0.3) is 23.6 Å². The van der Waals surface area contributed by atoms with E-state index in [9.17, 15) is 24.0 Å². The van der Waals surface area contributed by atoms with Crippen molar-refractivity contribution in [2.75, 3.05) is 26.2 Å². The van der Waals surface area contributed by atoms with Crippen LogP contribution in [0.2, 0.25) is 0 Å². The molecule has 0 spiro atoms. The van der Waals surface area contributed by atoms with Gasteiger partial charge >= 0.3 is 5.97 Å². The Morgan fingerprint density at radius 2 is 1.36 bits per heavy atom. The van der Waals surface area contributed by atoms with Crippen LogP contribution < -0.4 is 4.74 Å². The Bertz CT molecular complexity index is 1260. The first-order valence-electron chi connectivity index (χ1n) is 11.9. The highest BCUT2D eigenvalue weighted by Crippen LogP contribution is 2.30. The molecule has 2 heterocycles. The summed E-state index contributed by atoms with van der Waals surface area (Å²) in [4.78, 5) is 67.7. The molecule has 0 atom stereocenters. The maximum absolute atomic E-state index is 13.3. The predicted octanol–water partition coefficient (Wildman–Crippen LogP) is 2.99. The van der Waals surface area contributed by atoms with Crippen LogP contribution in [0.3, 0.4) is 0 Å². The summed E-state index contributed by atoms with van der Waals surface area (Å²) in [5, 5.41) is 0. The normalized spacial score (nSPS) is 16.1. The quantitative estimate of drug-likeness (QED) is 0.371. The molecule has 36 heavy (non-hydrogen) atoms. The molecule has 1 fully saturated rings. The van der Waals surface area contributed by atoms with Crippen molar-refractivity contribution in [3.05, 3.63) is 64.7 Å². The zero-order chi connectivity index (χ0) is 26.2. The highest BCUT2D eigenvalue weighted by molar-refractivity contribution is 6.22. The Morgan fingerprint density at radius 1 is 0.778 bits per heavy atom. The first-order valence-corrected chi connectivity index (χ1v) is 11.9. The topological polar surface area (TPSA) is 104 Å². The number of fused-ring (bicyclic) bond motifs is 1. The number of hydrogen-bond acceptors (Lipinski definition) is 6. The van der Waals surface area contributed by atoms with Crippen LogP contribution in [0.5, 0.6) is 5.75 Å². The van der Waals surface area contributed by atoms with E-state index in [0.29, 0.717) is 55.0 Å². The second-order valence-corrected chi connectivity index (χ2v) is 9.94. The number of esters is 1. The third kappa shape index (κ3) is 4.86. The summed E-state index contributed by atoms with van der Waals surface area (Å²) in [7, 11) is 0. The van der Waals surface area contributed by atoms with Gasteiger partial charge in [-0.3, -0.25) is 28.9 Å². The number of hydrogen-bond donors (Lipinski definition) is 0. The SMILES string of the molecule is CC(=O)Oc1cccc(C(=O)N2CCCN(C(=O)c3ccc4c(c3)C(=O)N(C(C)(C)C)C4=O)CC2)c1. The summed E-state index contributed by atoms with van der Waals surface area (Å²) >= 11 is 0. The van der Waals surface area contributed by atoms with Crippen molar-refractivity contribution in [2.24, 2.45) is 0 Å². The van der Waals surface area contributed by atoms with Crippen LogP contribution in [0.15, 0.2) is 42.5 Å². The third-order valence-corrected chi connectivity index (χ3v) is 6.22. The molecule has 2 aromatic carbocycles. The summed E-state index contributed by atoms with van der Waals surface area (Å²) in [5.41, 5.74) is 0.601. The molecule has 2 aromatic rings. The number of benzene rings is 2. The third-order valence-electron chi connectivity index (χ3n) is 6.22. The first-order chi connectivity index (χ1) is 17.0. The molecule has 2 aliphatic heterocycles. The van der Waals surface area contributed by atoms with Gasteiger partial charge in [-0.15, -0.1) is 0 Å². The Kier molecular flexibility index (Phi) is 6.67. The van der Waals surface area contributed by atoms with Gasteiger partial charge in [0.1, 0.15) is 5.75 Å². The Balaban J connectivity index is 1.46. The standard InChI is InChI=1S/C27H29N3O6/c1-17(31)36-20-8-5-7-18(15-20)23(32)28-11-6-12-29(14-13-28)24(33)19-9-10-21-22(16-19)26(35)30(25(21)34)27(2,3)4/h5,7-10,15-16H,6,11-14H2,1-4H3. The molecule has 0 aliphatic carbocycles. The summed E-state index contributed by atoms with van der Waals surface area (Å²) < 4.78 is 5.08. The minimum atomic E-state index is -0.671. The lowest BCUT2D eigenvalue weighted by Crippen LogP contribution is -2.45. The number of nitrogens with zero attached hydrogens (tertiary/aromatic N) is 3. The van der Waals surface area contributed by atoms with E-state index in [4.69, 9.17) is 4.74 Å². The van der Waals surface area contributed by atoms with E-state index in [1.54, 1.807) is 54.8 Å². The number of rotatable bonds is 3. The minimum absolute atomic E-state index is 0.206. The van der Waals surface area contributed by atoms with Crippen LogP contribution in [0, 0.1) is 0 Å². The largest absolute Gasteiger partial charge is 0.427 e. The smallest absolute Gasteiger partial charge is 0.308 e. The number of amides is 4. The van der Waals surface area contributed by atoms with Crippen LogP contribution in [0.25, 0.3) is 0 Å². The molecule has 9 heteroatoms. The zero-order valence-electron chi connectivity index (χ0n) is 20.9.